The number of carbonyl (C=O) groups excluding carboxylic acids is 1. The first kappa shape index (κ1) is 18.0. The molecule has 1 heterocycles. The Kier molecular flexibility index (Phi) is 4.48. The van der Waals surface area contributed by atoms with Gasteiger partial charge in [-0.1, -0.05) is 0 Å². The smallest absolute Gasteiger partial charge is 0.357 e. The van der Waals surface area contributed by atoms with Gasteiger partial charge in [0.25, 0.3) is 10.1 Å². The van der Waals surface area contributed by atoms with Crippen molar-refractivity contribution in [2.45, 2.75) is 30.6 Å². The van der Waals surface area contributed by atoms with Crippen molar-refractivity contribution in [3.8, 4) is 11.8 Å². The van der Waals surface area contributed by atoms with Gasteiger partial charge in [-0.15, -0.1) is 0 Å². The number of aromatic nitrogens is 1. The molecule has 1 aromatic heterocycles. The predicted molar refractivity (Wildman–Crippen MR) is 92.7 cm³/mol. The van der Waals surface area contributed by atoms with Gasteiger partial charge in [0, 0.05) is 6.20 Å². The predicted octanol–water partition coefficient (Wildman–Crippen LogP) is 1.84. The van der Waals surface area contributed by atoms with Crippen molar-refractivity contribution in [3.63, 3.8) is 0 Å². The number of ether oxygens (including phenoxy) is 1. The molecule has 2 aromatic rings. The number of nitrogens with two attached hydrogens (primary N) is 1. The lowest BCUT2D eigenvalue weighted by Crippen LogP contribution is -2.15. The number of nitrogens with zero attached hydrogens (tertiary/aromatic N) is 2. The Morgan fingerprint density at radius 2 is 1.92 bits per heavy atom. The van der Waals surface area contributed by atoms with E-state index in [-0.39, 0.29) is 27.5 Å². The van der Waals surface area contributed by atoms with Crippen LogP contribution in [0, 0.1) is 11.3 Å². The van der Waals surface area contributed by atoms with Gasteiger partial charge in [-0.2, -0.15) is 13.7 Å². The number of esters is 1. The normalized spacial score (nSPS) is 13.7. The van der Waals surface area contributed by atoms with Gasteiger partial charge < -0.3 is 15.0 Å². The molecular weight excluding hydrogens is 358 g/mol. The van der Waals surface area contributed by atoms with Crippen LogP contribution in [0.15, 0.2) is 23.2 Å². The van der Waals surface area contributed by atoms with Gasteiger partial charge in [0.1, 0.15) is 11.0 Å². The molecule has 0 saturated heterocycles. The number of hydrogen-bond donors (Lipinski definition) is 2. The third kappa shape index (κ3) is 2.94. The summed E-state index contributed by atoms with van der Waals surface area (Å²) in [6, 6.07) is 4.89. The van der Waals surface area contributed by atoms with Crippen LogP contribution in [0.5, 0.6) is 0 Å². The Morgan fingerprint density at radius 1 is 1.31 bits per heavy atom. The molecule has 1 aliphatic rings. The molecule has 0 fully saturated rings. The summed E-state index contributed by atoms with van der Waals surface area (Å²) in [4.78, 5) is 11.8. The molecule has 0 atom stereocenters. The van der Waals surface area contributed by atoms with E-state index in [2.05, 4.69) is 0 Å². The highest BCUT2D eigenvalue weighted by atomic mass is 32.2. The number of aryl methyl sites for hydroxylation is 2. The lowest BCUT2D eigenvalue weighted by molar-refractivity contribution is 0.0593. The molecular formula is C17H17N3O5S. The highest BCUT2D eigenvalue weighted by Crippen LogP contribution is 2.33. The fourth-order valence-corrected chi connectivity index (χ4v) is 3.96. The Hall–Kier alpha value is -2.83. The van der Waals surface area contributed by atoms with E-state index < -0.39 is 16.1 Å². The maximum absolute atomic E-state index is 12.2. The number of rotatable bonds is 3. The second-order valence-corrected chi connectivity index (χ2v) is 7.44. The number of nitriles is 1. The van der Waals surface area contributed by atoms with Gasteiger partial charge in [0.15, 0.2) is 5.69 Å². The first-order valence-electron chi connectivity index (χ1n) is 7.90. The van der Waals surface area contributed by atoms with Crippen LogP contribution in [-0.4, -0.2) is 30.6 Å². The summed E-state index contributed by atoms with van der Waals surface area (Å²) in [6.45, 7) is 0. The van der Waals surface area contributed by atoms with Crippen LogP contribution >= 0.6 is 0 Å². The van der Waals surface area contributed by atoms with E-state index in [4.69, 9.17) is 10.5 Å². The van der Waals surface area contributed by atoms with Crippen LogP contribution in [0.25, 0.3) is 5.69 Å². The molecule has 0 spiro atoms. The van der Waals surface area contributed by atoms with Gasteiger partial charge in [-0.25, -0.2) is 4.79 Å². The molecule has 9 heteroatoms. The number of hydrogen-bond acceptors (Lipinski definition) is 6. The molecule has 136 valence electrons. The first-order chi connectivity index (χ1) is 12.3. The summed E-state index contributed by atoms with van der Waals surface area (Å²) in [5, 5.41) is 9.22. The van der Waals surface area contributed by atoms with Gasteiger partial charge in [0.05, 0.1) is 24.0 Å². The summed E-state index contributed by atoms with van der Waals surface area (Å²) in [6.07, 6.45) is 4.61. The molecule has 1 aliphatic carbocycles. The number of methoxy groups -OCH3 is 1. The minimum atomic E-state index is -4.57. The molecule has 26 heavy (non-hydrogen) atoms. The van der Waals surface area contributed by atoms with Crippen LogP contribution in [-0.2, 0) is 27.7 Å². The lowest BCUT2D eigenvalue weighted by Gasteiger charge is -2.20. The minimum Gasteiger partial charge on any atom is -0.464 e. The fourth-order valence-electron chi connectivity index (χ4n) is 3.25. The molecule has 0 unspecified atom stereocenters. The maximum atomic E-state index is 12.2. The van der Waals surface area contributed by atoms with E-state index in [0.29, 0.717) is 6.42 Å². The highest BCUT2D eigenvalue weighted by molar-refractivity contribution is 7.86. The maximum Gasteiger partial charge on any atom is 0.357 e. The average Bonchev–Trinajstić information content (AvgIpc) is 2.95. The number of fused-ring (bicyclic) bond motifs is 1. The summed E-state index contributed by atoms with van der Waals surface area (Å²) in [7, 11) is -3.42. The SMILES string of the molecule is COC(=O)c1c(N)c(C#N)cn1-c1cc2c(cc1S(=O)(=O)O)CCCC2. The van der Waals surface area contributed by atoms with E-state index in [1.54, 1.807) is 6.07 Å². The summed E-state index contributed by atoms with van der Waals surface area (Å²) in [5.74, 6) is -0.817. The summed E-state index contributed by atoms with van der Waals surface area (Å²) in [5.41, 5.74) is 7.43. The van der Waals surface area contributed by atoms with Crippen molar-refractivity contribution in [3.05, 3.63) is 40.7 Å². The average molecular weight is 375 g/mol. The number of carbonyl (C=O) groups is 1. The lowest BCUT2D eigenvalue weighted by atomic mass is 9.91. The van der Waals surface area contributed by atoms with Crippen LogP contribution in [0.4, 0.5) is 5.69 Å². The Morgan fingerprint density at radius 3 is 2.46 bits per heavy atom. The molecule has 1 aromatic carbocycles. The van der Waals surface area contributed by atoms with Crippen LogP contribution < -0.4 is 5.73 Å². The van der Waals surface area contributed by atoms with Crippen molar-refractivity contribution >= 4 is 21.8 Å². The third-order valence-electron chi connectivity index (χ3n) is 4.50. The molecule has 0 saturated carbocycles. The van der Waals surface area contributed by atoms with Crippen molar-refractivity contribution in [2.24, 2.45) is 0 Å². The molecule has 0 amide bonds. The van der Waals surface area contributed by atoms with Gasteiger partial charge in [-0.3, -0.25) is 4.55 Å². The fraction of sp³-hybridized carbons (Fsp3) is 0.294. The number of anilines is 1. The molecule has 0 bridgehead atoms. The first-order valence-corrected chi connectivity index (χ1v) is 9.34. The number of nitrogen functional groups attached to an aromatic ring is 1. The van der Waals surface area contributed by atoms with E-state index in [1.807, 2.05) is 6.07 Å². The van der Waals surface area contributed by atoms with E-state index >= 15 is 0 Å². The van der Waals surface area contributed by atoms with Crippen LogP contribution in [0.2, 0.25) is 0 Å². The quantitative estimate of drug-likeness (QED) is 0.617. The van der Waals surface area contributed by atoms with Gasteiger partial charge >= 0.3 is 5.97 Å². The molecule has 8 nitrogen and oxygen atoms in total. The Bertz CT molecular complexity index is 1050. The van der Waals surface area contributed by atoms with Gasteiger partial charge in [-0.05, 0) is 48.9 Å². The molecule has 0 aliphatic heterocycles. The van der Waals surface area contributed by atoms with E-state index in [9.17, 15) is 23.0 Å². The van der Waals surface area contributed by atoms with Gasteiger partial charge in [0.2, 0.25) is 0 Å². The van der Waals surface area contributed by atoms with Crippen LogP contribution in [0.1, 0.15) is 40.0 Å². The van der Waals surface area contributed by atoms with E-state index in [1.165, 1.54) is 16.8 Å². The molecule has 3 N–H and O–H groups in total. The molecule has 3 rings (SSSR count). The van der Waals surface area contributed by atoms with E-state index in [0.717, 1.165) is 37.5 Å². The second kappa shape index (κ2) is 6.48. The highest BCUT2D eigenvalue weighted by Gasteiger charge is 2.27. The van der Waals surface area contributed by atoms with Crippen molar-refractivity contribution in [1.29, 1.82) is 5.26 Å². The summed E-state index contributed by atoms with van der Waals surface area (Å²) < 4.78 is 39.5. The molecule has 0 radical (unpaired) electrons. The monoisotopic (exact) mass is 375 g/mol. The zero-order valence-electron chi connectivity index (χ0n) is 14.0. The summed E-state index contributed by atoms with van der Waals surface area (Å²) >= 11 is 0. The standard InChI is InChI=1S/C17H17N3O5S/c1-25-17(21)16-15(19)12(8-18)9-20(16)13-6-10-4-2-3-5-11(10)7-14(13)26(22,23)24/h6-7,9H,2-5,19H2,1H3,(H,22,23,24). The second-order valence-electron chi connectivity index (χ2n) is 6.05. The zero-order chi connectivity index (χ0) is 19.1. The van der Waals surface area contributed by atoms with Crippen molar-refractivity contribution < 1.29 is 22.5 Å². The number of benzene rings is 1. The topological polar surface area (TPSA) is 135 Å². The largest absolute Gasteiger partial charge is 0.464 e. The Labute approximate surface area is 150 Å². The Balaban J connectivity index is 2.37. The van der Waals surface area contributed by atoms with Crippen molar-refractivity contribution in [1.82, 2.24) is 4.57 Å². The zero-order valence-corrected chi connectivity index (χ0v) is 14.8. The van der Waals surface area contributed by atoms with Crippen molar-refractivity contribution in [2.75, 3.05) is 12.8 Å². The third-order valence-corrected chi connectivity index (χ3v) is 5.39. The minimum absolute atomic E-state index is 0.00408. The van der Waals surface area contributed by atoms with Crippen LogP contribution in [0.3, 0.4) is 0 Å².